The molecule has 2 N–H and O–H groups in total. The summed E-state index contributed by atoms with van der Waals surface area (Å²) in [5.74, 6) is -1.79. The average Bonchev–Trinajstić information content (AvgIpc) is 2.43. The van der Waals surface area contributed by atoms with E-state index in [9.17, 15) is 17.2 Å². The van der Waals surface area contributed by atoms with E-state index in [2.05, 4.69) is 0 Å². The fourth-order valence-electron chi connectivity index (χ4n) is 2.56. The third-order valence-corrected chi connectivity index (χ3v) is 5.04. The second kappa shape index (κ2) is 6.35. The van der Waals surface area contributed by atoms with Crippen LogP contribution in [0.15, 0.2) is 18.2 Å². The lowest BCUT2D eigenvalue weighted by Crippen LogP contribution is -2.50. The first-order valence-corrected chi connectivity index (χ1v) is 8.52. The van der Waals surface area contributed by atoms with Gasteiger partial charge in [0, 0.05) is 38.8 Å². The van der Waals surface area contributed by atoms with Crippen molar-refractivity contribution in [2.24, 2.45) is 5.73 Å². The van der Waals surface area contributed by atoms with Crippen LogP contribution in [0.5, 0.6) is 0 Å². The molecule has 5 nitrogen and oxygen atoms in total. The van der Waals surface area contributed by atoms with Crippen LogP contribution in [0.25, 0.3) is 0 Å². The quantitative estimate of drug-likeness (QED) is 0.880. The van der Waals surface area contributed by atoms with E-state index < -0.39 is 21.7 Å². The molecule has 1 fully saturated rings. The van der Waals surface area contributed by atoms with Crippen molar-refractivity contribution >= 4 is 10.0 Å². The number of hydrogen-bond acceptors (Lipinski definition) is 4. The van der Waals surface area contributed by atoms with E-state index in [1.807, 2.05) is 4.90 Å². The van der Waals surface area contributed by atoms with Gasteiger partial charge in [0.15, 0.2) is 11.6 Å². The number of piperazine rings is 1. The predicted molar refractivity (Wildman–Crippen MR) is 76.1 cm³/mol. The van der Waals surface area contributed by atoms with E-state index in [0.717, 1.165) is 12.1 Å². The fourth-order valence-corrected chi connectivity index (χ4v) is 3.39. The molecule has 1 aromatic rings. The Morgan fingerprint density at radius 2 is 1.81 bits per heavy atom. The van der Waals surface area contributed by atoms with Crippen molar-refractivity contribution < 1.29 is 17.2 Å². The molecule has 1 aliphatic heterocycles. The van der Waals surface area contributed by atoms with Crippen molar-refractivity contribution in [2.75, 3.05) is 39.0 Å². The molecule has 0 spiro atoms. The molecule has 1 unspecified atom stereocenters. The first-order valence-electron chi connectivity index (χ1n) is 6.67. The molecule has 1 aromatic carbocycles. The highest BCUT2D eigenvalue weighted by atomic mass is 32.2. The maximum Gasteiger partial charge on any atom is 0.211 e. The predicted octanol–water partition coefficient (Wildman–Crippen LogP) is 0.542. The smallest absolute Gasteiger partial charge is 0.211 e. The van der Waals surface area contributed by atoms with Gasteiger partial charge in [-0.05, 0) is 17.7 Å². The van der Waals surface area contributed by atoms with Gasteiger partial charge in [-0.25, -0.2) is 17.2 Å². The van der Waals surface area contributed by atoms with Crippen molar-refractivity contribution in [1.29, 1.82) is 0 Å². The van der Waals surface area contributed by atoms with Gasteiger partial charge in [-0.15, -0.1) is 0 Å². The Morgan fingerprint density at radius 1 is 1.19 bits per heavy atom. The summed E-state index contributed by atoms with van der Waals surface area (Å²) in [5, 5.41) is 0. The van der Waals surface area contributed by atoms with Gasteiger partial charge in [-0.3, -0.25) is 4.90 Å². The average molecular weight is 319 g/mol. The van der Waals surface area contributed by atoms with E-state index >= 15 is 0 Å². The van der Waals surface area contributed by atoms with Crippen LogP contribution < -0.4 is 5.73 Å². The Kier molecular flexibility index (Phi) is 4.92. The summed E-state index contributed by atoms with van der Waals surface area (Å²) in [5.41, 5.74) is 6.36. The van der Waals surface area contributed by atoms with Crippen LogP contribution in [0.1, 0.15) is 11.6 Å². The monoisotopic (exact) mass is 319 g/mol. The number of rotatable bonds is 4. The van der Waals surface area contributed by atoms with Crippen LogP contribution in [0.2, 0.25) is 0 Å². The van der Waals surface area contributed by atoms with Crippen molar-refractivity contribution in [2.45, 2.75) is 6.04 Å². The standard InChI is InChI=1S/C13H19F2N3O2S/c1-21(19,20)18-6-4-17(5-7-18)13(9-16)10-2-3-11(14)12(15)8-10/h2-3,8,13H,4-7,9,16H2,1H3. The van der Waals surface area contributed by atoms with Crippen LogP contribution >= 0.6 is 0 Å². The molecule has 118 valence electrons. The molecule has 1 saturated heterocycles. The number of sulfonamides is 1. The van der Waals surface area contributed by atoms with Crippen LogP contribution in [0.4, 0.5) is 8.78 Å². The molecule has 0 radical (unpaired) electrons. The molecule has 0 bridgehead atoms. The molecule has 2 rings (SSSR count). The van der Waals surface area contributed by atoms with Gasteiger partial charge in [0.2, 0.25) is 10.0 Å². The number of benzene rings is 1. The van der Waals surface area contributed by atoms with Gasteiger partial charge in [0.25, 0.3) is 0 Å². The molecular formula is C13H19F2N3O2S. The van der Waals surface area contributed by atoms with E-state index in [1.165, 1.54) is 16.6 Å². The van der Waals surface area contributed by atoms with Crippen molar-refractivity contribution in [3.63, 3.8) is 0 Å². The molecule has 8 heteroatoms. The van der Waals surface area contributed by atoms with Crippen LogP contribution in [0.3, 0.4) is 0 Å². The van der Waals surface area contributed by atoms with Crippen molar-refractivity contribution in [3.8, 4) is 0 Å². The molecule has 0 amide bonds. The Hall–Kier alpha value is -1.09. The lowest BCUT2D eigenvalue weighted by molar-refractivity contribution is 0.140. The lowest BCUT2D eigenvalue weighted by atomic mass is 10.0. The Balaban J connectivity index is 2.11. The molecule has 1 aliphatic rings. The maximum absolute atomic E-state index is 13.3. The lowest BCUT2D eigenvalue weighted by Gasteiger charge is -2.38. The molecule has 1 atom stereocenters. The second-order valence-corrected chi connectivity index (χ2v) is 7.11. The number of halogens is 2. The molecule has 0 aliphatic carbocycles. The van der Waals surface area contributed by atoms with Crippen LogP contribution in [-0.2, 0) is 10.0 Å². The normalized spacial score (nSPS) is 19.6. The SMILES string of the molecule is CS(=O)(=O)N1CCN(C(CN)c2ccc(F)c(F)c2)CC1. The van der Waals surface area contributed by atoms with Gasteiger partial charge in [-0.1, -0.05) is 6.07 Å². The second-order valence-electron chi connectivity index (χ2n) is 5.12. The zero-order valence-corrected chi connectivity index (χ0v) is 12.6. The first-order chi connectivity index (χ1) is 9.82. The van der Waals surface area contributed by atoms with Gasteiger partial charge in [0.1, 0.15) is 0 Å². The molecular weight excluding hydrogens is 300 g/mol. The largest absolute Gasteiger partial charge is 0.329 e. The van der Waals surface area contributed by atoms with Crippen molar-refractivity contribution in [3.05, 3.63) is 35.4 Å². The Bertz CT molecular complexity index is 601. The molecule has 0 saturated carbocycles. The fraction of sp³-hybridized carbons (Fsp3) is 0.538. The van der Waals surface area contributed by atoms with E-state index in [4.69, 9.17) is 5.73 Å². The minimum atomic E-state index is -3.19. The summed E-state index contributed by atoms with van der Waals surface area (Å²) in [7, 11) is -3.19. The highest BCUT2D eigenvalue weighted by Crippen LogP contribution is 2.23. The van der Waals surface area contributed by atoms with Gasteiger partial charge in [-0.2, -0.15) is 4.31 Å². The summed E-state index contributed by atoms with van der Waals surface area (Å²) < 4.78 is 50.7. The summed E-state index contributed by atoms with van der Waals surface area (Å²) >= 11 is 0. The maximum atomic E-state index is 13.3. The zero-order valence-electron chi connectivity index (χ0n) is 11.8. The summed E-state index contributed by atoms with van der Waals surface area (Å²) in [6, 6.07) is 3.50. The third-order valence-electron chi connectivity index (χ3n) is 3.73. The highest BCUT2D eigenvalue weighted by molar-refractivity contribution is 7.88. The van der Waals surface area contributed by atoms with Crippen LogP contribution in [0, 0.1) is 11.6 Å². The number of nitrogens with two attached hydrogens (primary N) is 1. The van der Waals surface area contributed by atoms with Gasteiger partial charge in [0.05, 0.1) is 6.26 Å². The minimum Gasteiger partial charge on any atom is -0.329 e. The Morgan fingerprint density at radius 3 is 2.29 bits per heavy atom. The molecule has 0 aromatic heterocycles. The topological polar surface area (TPSA) is 66.6 Å². The van der Waals surface area contributed by atoms with E-state index in [0.29, 0.717) is 31.7 Å². The van der Waals surface area contributed by atoms with E-state index in [-0.39, 0.29) is 12.6 Å². The minimum absolute atomic E-state index is 0.248. The summed E-state index contributed by atoms with van der Waals surface area (Å²) in [6.45, 7) is 2.02. The van der Waals surface area contributed by atoms with Crippen LogP contribution in [-0.4, -0.2) is 56.6 Å². The zero-order chi connectivity index (χ0) is 15.6. The molecule has 1 heterocycles. The van der Waals surface area contributed by atoms with Crippen molar-refractivity contribution in [1.82, 2.24) is 9.21 Å². The molecule has 21 heavy (non-hydrogen) atoms. The first kappa shape index (κ1) is 16.3. The number of nitrogens with zero attached hydrogens (tertiary/aromatic N) is 2. The highest BCUT2D eigenvalue weighted by Gasteiger charge is 2.28. The van der Waals surface area contributed by atoms with Gasteiger partial charge >= 0.3 is 0 Å². The van der Waals surface area contributed by atoms with Gasteiger partial charge < -0.3 is 5.73 Å². The third kappa shape index (κ3) is 3.76. The summed E-state index contributed by atoms with van der Waals surface area (Å²) in [6.07, 6.45) is 1.18. The Labute approximate surface area is 123 Å². The number of hydrogen-bond donors (Lipinski definition) is 1. The summed E-state index contributed by atoms with van der Waals surface area (Å²) in [4.78, 5) is 1.99. The van der Waals surface area contributed by atoms with E-state index in [1.54, 1.807) is 0 Å².